The van der Waals surface area contributed by atoms with Gasteiger partial charge in [-0.2, -0.15) is 4.98 Å². The highest BCUT2D eigenvalue weighted by Gasteiger charge is 2.13. The molecule has 0 bridgehead atoms. The Kier molecular flexibility index (Phi) is 2.67. The van der Waals surface area contributed by atoms with E-state index in [1.54, 1.807) is 0 Å². The van der Waals surface area contributed by atoms with Crippen molar-refractivity contribution in [2.75, 3.05) is 0 Å². The predicted octanol–water partition coefficient (Wildman–Crippen LogP) is 1.62. The van der Waals surface area contributed by atoms with Crippen molar-refractivity contribution < 1.29 is 9.90 Å². The molecule has 0 unspecified atom stereocenters. The van der Waals surface area contributed by atoms with E-state index in [1.165, 1.54) is 17.2 Å². The molecule has 5 heteroatoms. The highest BCUT2D eigenvalue weighted by Crippen LogP contribution is 2.26. The lowest BCUT2D eigenvalue weighted by atomic mass is 10.0. The van der Waals surface area contributed by atoms with Gasteiger partial charge in [-0.15, -0.1) is 0 Å². The SMILES string of the molecule is O=C(O)c1cc(-c2ccc3c(c2)CCC3)nc(=O)[nH]1. The molecule has 96 valence electrons. The number of rotatable bonds is 2. The van der Waals surface area contributed by atoms with Crippen LogP contribution < -0.4 is 5.69 Å². The van der Waals surface area contributed by atoms with Gasteiger partial charge in [-0.3, -0.25) is 4.98 Å². The zero-order valence-corrected chi connectivity index (χ0v) is 10.1. The summed E-state index contributed by atoms with van der Waals surface area (Å²) in [5, 5.41) is 8.94. The predicted molar refractivity (Wildman–Crippen MR) is 69.3 cm³/mol. The highest BCUT2D eigenvalue weighted by molar-refractivity contribution is 5.86. The maximum atomic E-state index is 11.4. The number of nitrogens with zero attached hydrogens (tertiary/aromatic N) is 1. The minimum atomic E-state index is -1.16. The van der Waals surface area contributed by atoms with Crippen molar-refractivity contribution in [1.29, 1.82) is 0 Å². The third-order valence-electron chi connectivity index (χ3n) is 3.37. The van der Waals surface area contributed by atoms with Crippen LogP contribution in [0.1, 0.15) is 28.0 Å². The summed E-state index contributed by atoms with van der Waals surface area (Å²) in [6.07, 6.45) is 3.25. The van der Waals surface area contributed by atoms with Gasteiger partial charge in [0, 0.05) is 5.56 Å². The van der Waals surface area contributed by atoms with E-state index in [1.807, 2.05) is 18.2 Å². The molecule has 1 heterocycles. The van der Waals surface area contributed by atoms with Gasteiger partial charge in [-0.1, -0.05) is 12.1 Å². The largest absolute Gasteiger partial charge is 0.477 e. The monoisotopic (exact) mass is 256 g/mol. The van der Waals surface area contributed by atoms with E-state index in [0.717, 1.165) is 24.8 Å². The Labute approximate surface area is 108 Å². The van der Waals surface area contributed by atoms with Gasteiger partial charge in [0.25, 0.3) is 0 Å². The summed E-state index contributed by atoms with van der Waals surface area (Å²) in [4.78, 5) is 28.4. The molecular weight excluding hydrogens is 244 g/mol. The first-order chi connectivity index (χ1) is 9.13. The lowest BCUT2D eigenvalue weighted by Crippen LogP contribution is -2.16. The second-order valence-electron chi connectivity index (χ2n) is 4.63. The van der Waals surface area contributed by atoms with E-state index in [4.69, 9.17) is 5.11 Å². The molecule has 0 fully saturated rings. The van der Waals surface area contributed by atoms with E-state index in [2.05, 4.69) is 9.97 Å². The summed E-state index contributed by atoms with van der Waals surface area (Å²) < 4.78 is 0. The van der Waals surface area contributed by atoms with Crippen LogP contribution in [-0.2, 0) is 12.8 Å². The van der Waals surface area contributed by atoms with Crippen molar-refractivity contribution in [1.82, 2.24) is 9.97 Å². The maximum absolute atomic E-state index is 11.4. The summed E-state index contributed by atoms with van der Waals surface area (Å²) in [6, 6.07) is 7.30. The van der Waals surface area contributed by atoms with E-state index in [0.29, 0.717) is 5.69 Å². The summed E-state index contributed by atoms with van der Waals surface area (Å²) >= 11 is 0. The van der Waals surface area contributed by atoms with Crippen LogP contribution in [-0.4, -0.2) is 21.0 Å². The Bertz CT molecular complexity index is 719. The first-order valence-electron chi connectivity index (χ1n) is 6.10. The number of carbonyl (C=O) groups is 1. The van der Waals surface area contributed by atoms with Gasteiger partial charge in [-0.25, -0.2) is 9.59 Å². The van der Waals surface area contributed by atoms with Gasteiger partial charge >= 0.3 is 11.7 Å². The first kappa shape index (κ1) is 11.6. The molecule has 0 saturated heterocycles. The van der Waals surface area contributed by atoms with Gasteiger partial charge in [0.1, 0.15) is 5.69 Å². The molecule has 2 aromatic rings. The minimum Gasteiger partial charge on any atom is -0.477 e. The lowest BCUT2D eigenvalue weighted by Gasteiger charge is -2.05. The Morgan fingerprint density at radius 1 is 1.21 bits per heavy atom. The normalized spacial score (nSPS) is 13.3. The molecule has 1 aromatic heterocycles. The average Bonchev–Trinajstić information content (AvgIpc) is 2.85. The molecule has 3 rings (SSSR count). The van der Waals surface area contributed by atoms with E-state index in [-0.39, 0.29) is 5.69 Å². The fourth-order valence-corrected chi connectivity index (χ4v) is 2.45. The van der Waals surface area contributed by atoms with Crippen LogP contribution in [0, 0.1) is 0 Å². The van der Waals surface area contributed by atoms with E-state index >= 15 is 0 Å². The maximum Gasteiger partial charge on any atom is 0.352 e. The molecule has 1 aliphatic rings. The van der Waals surface area contributed by atoms with Crippen LogP contribution in [0.15, 0.2) is 29.1 Å². The van der Waals surface area contributed by atoms with Crippen molar-refractivity contribution >= 4 is 5.97 Å². The highest BCUT2D eigenvalue weighted by atomic mass is 16.4. The van der Waals surface area contributed by atoms with Gasteiger partial charge in [-0.05, 0) is 42.5 Å². The Hall–Kier alpha value is -2.43. The fraction of sp³-hybridized carbons (Fsp3) is 0.214. The number of fused-ring (bicyclic) bond motifs is 1. The third-order valence-corrected chi connectivity index (χ3v) is 3.37. The van der Waals surface area contributed by atoms with Gasteiger partial charge < -0.3 is 5.11 Å². The zero-order chi connectivity index (χ0) is 13.4. The number of aromatic carboxylic acids is 1. The molecule has 0 saturated carbocycles. The van der Waals surface area contributed by atoms with Gasteiger partial charge in [0.15, 0.2) is 0 Å². The third kappa shape index (κ3) is 2.14. The van der Waals surface area contributed by atoms with Crippen molar-refractivity contribution in [3.8, 4) is 11.3 Å². The topological polar surface area (TPSA) is 83.0 Å². The number of hydrogen-bond acceptors (Lipinski definition) is 3. The minimum absolute atomic E-state index is 0.143. The van der Waals surface area contributed by atoms with E-state index in [9.17, 15) is 9.59 Å². The van der Waals surface area contributed by atoms with Gasteiger partial charge in [0.2, 0.25) is 0 Å². The summed E-state index contributed by atoms with van der Waals surface area (Å²) in [5.41, 5.74) is 2.99. The van der Waals surface area contributed by atoms with Crippen LogP contribution in [0.5, 0.6) is 0 Å². The first-order valence-corrected chi connectivity index (χ1v) is 6.10. The number of carboxylic acid groups (broad SMARTS) is 1. The Morgan fingerprint density at radius 2 is 2.00 bits per heavy atom. The lowest BCUT2D eigenvalue weighted by molar-refractivity contribution is 0.0690. The molecule has 1 aromatic carbocycles. The second kappa shape index (κ2) is 4.35. The molecule has 0 spiro atoms. The van der Waals surface area contributed by atoms with Crippen molar-refractivity contribution in [3.05, 3.63) is 51.6 Å². The second-order valence-corrected chi connectivity index (χ2v) is 4.63. The number of aryl methyl sites for hydroxylation is 2. The molecular formula is C14H12N2O3. The number of aromatic nitrogens is 2. The molecule has 19 heavy (non-hydrogen) atoms. The fourth-order valence-electron chi connectivity index (χ4n) is 2.45. The number of benzene rings is 1. The number of aromatic amines is 1. The van der Waals surface area contributed by atoms with Crippen LogP contribution in [0.4, 0.5) is 0 Å². The Morgan fingerprint density at radius 3 is 2.79 bits per heavy atom. The zero-order valence-electron chi connectivity index (χ0n) is 10.1. The molecule has 1 aliphatic carbocycles. The van der Waals surface area contributed by atoms with Crippen LogP contribution in [0.2, 0.25) is 0 Å². The number of carboxylic acids is 1. The average molecular weight is 256 g/mol. The standard InChI is InChI=1S/C14H12N2O3/c17-13(18)12-7-11(15-14(19)16-12)10-5-4-8-2-1-3-9(8)6-10/h4-7H,1-3H2,(H,17,18)(H,15,16,19). The summed E-state index contributed by atoms with van der Waals surface area (Å²) in [6.45, 7) is 0. The van der Waals surface area contributed by atoms with Crippen LogP contribution in [0.25, 0.3) is 11.3 Å². The van der Waals surface area contributed by atoms with Gasteiger partial charge in [0.05, 0.1) is 5.69 Å². The molecule has 0 radical (unpaired) electrons. The molecule has 0 atom stereocenters. The molecule has 0 aliphatic heterocycles. The van der Waals surface area contributed by atoms with Crippen molar-refractivity contribution in [2.45, 2.75) is 19.3 Å². The quantitative estimate of drug-likeness (QED) is 0.855. The number of nitrogens with one attached hydrogen (secondary N) is 1. The summed E-state index contributed by atoms with van der Waals surface area (Å²) in [5.74, 6) is -1.16. The summed E-state index contributed by atoms with van der Waals surface area (Å²) in [7, 11) is 0. The van der Waals surface area contributed by atoms with Crippen molar-refractivity contribution in [2.24, 2.45) is 0 Å². The molecule has 2 N–H and O–H groups in total. The van der Waals surface area contributed by atoms with Crippen LogP contribution in [0.3, 0.4) is 0 Å². The molecule has 5 nitrogen and oxygen atoms in total. The smallest absolute Gasteiger partial charge is 0.352 e. The van der Waals surface area contributed by atoms with Crippen molar-refractivity contribution in [3.63, 3.8) is 0 Å². The number of H-pyrrole nitrogens is 1. The molecule has 0 amide bonds. The van der Waals surface area contributed by atoms with E-state index < -0.39 is 11.7 Å². The number of hydrogen-bond donors (Lipinski definition) is 2. The Balaban J connectivity index is 2.11. The van der Waals surface area contributed by atoms with Crippen LogP contribution >= 0.6 is 0 Å².